The average Bonchev–Trinajstić information content (AvgIpc) is 2.36. The molecule has 0 aliphatic heterocycles. The lowest BCUT2D eigenvalue weighted by atomic mass is 10.2. The molecule has 0 heterocycles. The second-order valence-electron chi connectivity index (χ2n) is 3.77. The summed E-state index contributed by atoms with van der Waals surface area (Å²) in [6, 6.07) is 7.02. The summed E-state index contributed by atoms with van der Waals surface area (Å²) in [4.78, 5) is 23.1. The molecular weight excluding hydrogens is 252 g/mol. The van der Waals surface area contributed by atoms with Crippen molar-refractivity contribution in [2.75, 3.05) is 18.1 Å². The minimum absolute atomic E-state index is 0.0998. The van der Waals surface area contributed by atoms with Crippen LogP contribution in [0.3, 0.4) is 0 Å². The van der Waals surface area contributed by atoms with Crippen LogP contribution in [0, 0.1) is 5.92 Å². The van der Waals surface area contributed by atoms with Crippen LogP contribution >= 0.6 is 11.8 Å². The second kappa shape index (κ2) is 6.90. The van der Waals surface area contributed by atoms with Gasteiger partial charge >= 0.3 is 12.0 Å². The molecule has 0 aromatic heterocycles. The molecule has 1 unspecified atom stereocenters. The molecule has 0 saturated carbocycles. The Hall–Kier alpha value is -1.69. The molecule has 2 amide bonds. The number of aliphatic carboxylic acids is 1. The number of nitrogens with one attached hydrogen (secondary N) is 2. The summed E-state index contributed by atoms with van der Waals surface area (Å²) in [5, 5.41) is 13.9. The lowest BCUT2D eigenvalue weighted by Crippen LogP contribution is -2.34. The fourth-order valence-corrected chi connectivity index (χ4v) is 1.80. The molecule has 0 bridgehead atoms. The van der Waals surface area contributed by atoms with Gasteiger partial charge in [-0.2, -0.15) is 0 Å². The lowest BCUT2D eigenvalue weighted by molar-refractivity contribution is -0.140. The van der Waals surface area contributed by atoms with E-state index in [0.717, 1.165) is 4.90 Å². The molecular formula is C12H16N2O3S. The van der Waals surface area contributed by atoms with Crippen molar-refractivity contribution in [2.24, 2.45) is 5.92 Å². The summed E-state index contributed by atoms with van der Waals surface area (Å²) < 4.78 is 0. The Labute approximate surface area is 110 Å². The number of hydrogen-bond donors (Lipinski definition) is 3. The van der Waals surface area contributed by atoms with Crippen LogP contribution < -0.4 is 10.6 Å². The molecule has 1 aromatic rings. The van der Waals surface area contributed by atoms with E-state index in [1.54, 1.807) is 13.0 Å². The molecule has 18 heavy (non-hydrogen) atoms. The Morgan fingerprint density at radius 3 is 2.67 bits per heavy atom. The van der Waals surface area contributed by atoms with Crippen molar-refractivity contribution in [3.63, 3.8) is 0 Å². The number of thioether (sulfide) groups is 1. The van der Waals surface area contributed by atoms with Gasteiger partial charge in [0.2, 0.25) is 0 Å². The summed E-state index contributed by atoms with van der Waals surface area (Å²) in [5.41, 5.74) is 0.713. The number of hydrogen-bond acceptors (Lipinski definition) is 3. The third kappa shape index (κ3) is 4.29. The number of amides is 2. The van der Waals surface area contributed by atoms with E-state index >= 15 is 0 Å². The maximum Gasteiger partial charge on any atom is 0.319 e. The van der Waals surface area contributed by atoms with E-state index in [1.165, 1.54) is 11.8 Å². The van der Waals surface area contributed by atoms with Crippen molar-refractivity contribution >= 4 is 29.4 Å². The van der Waals surface area contributed by atoms with Crippen molar-refractivity contribution in [1.82, 2.24) is 5.32 Å². The number of urea groups is 1. The normalized spacial score (nSPS) is 11.7. The summed E-state index contributed by atoms with van der Waals surface area (Å²) in [6.07, 6.45) is 1.92. The SMILES string of the molecule is CSc1ccccc1NC(=O)NCC(C)C(=O)O. The minimum Gasteiger partial charge on any atom is -0.481 e. The minimum atomic E-state index is -0.931. The molecule has 6 heteroatoms. The van der Waals surface area contributed by atoms with E-state index < -0.39 is 17.9 Å². The molecule has 3 N–H and O–H groups in total. The monoisotopic (exact) mass is 268 g/mol. The molecule has 0 radical (unpaired) electrons. The van der Waals surface area contributed by atoms with Gasteiger partial charge in [-0.25, -0.2) is 4.79 Å². The van der Waals surface area contributed by atoms with Crippen LogP contribution in [0.2, 0.25) is 0 Å². The Bertz CT molecular complexity index is 437. The maximum absolute atomic E-state index is 11.6. The Kier molecular flexibility index (Phi) is 5.51. The van der Waals surface area contributed by atoms with Gasteiger partial charge in [-0.15, -0.1) is 11.8 Å². The second-order valence-corrected chi connectivity index (χ2v) is 4.62. The lowest BCUT2D eigenvalue weighted by Gasteiger charge is -2.11. The van der Waals surface area contributed by atoms with Gasteiger partial charge in [0.05, 0.1) is 11.6 Å². The van der Waals surface area contributed by atoms with Crippen LogP contribution in [0.1, 0.15) is 6.92 Å². The number of carboxylic acids is 1. The first-order chi connectivity index (χ1) is 8.54. The van der Waals surface area contributed by atoms with Gasteiger partial charge in [0, 0.05) is 11.4 Å². The van der Waals surface area contributed by atoms with Crippen molar-refractivity contribution in [3.8, 4) is 0 Å². The molecule has 1 atom stereocenters. The number of anilines is 1. The Morgan fingerprint density at radius 1 is 1.39 bits per heavy atom. The summed E-state index contributed by atoms with van der Waals surface area (Å²) in [5.74, 6) is -1.54. The number of benzene rings is 1. The summed E-state index contributed by atoms with van der Waals surface area (Å²) in [6.45, 7) is 1.64. The van der Waals surface area contributed by atoms with Gasteiger partial charge in [-0.3, -0.25) is 4.79 Å². The largest absolute Gasteiger partial charge is 0.481 e. The topological polar surface area (TPSA) is 78.4 Å². The van der Waals surface area contributed by atoms with Crippen LogP contribution in [0.15, 0.2) is 29.2 Å². The first kappa shape index (κ1) is 14.4. The molecule has 0 saturated heterocycles. The summed E-state index contributed by atoms with van der Waals surface area (Å²) >= 11 is 1.53. The van der Waals surface area contributed by atoms with Gasteiger partial charge in [-0.05, 0) is 18.4 Å². The van der Waals surface area contributed by atoms with Crippen molar-refractivity contribution in [2.45, 2.75) is 11.8 Å². The number of rotatable bonds is 5. The van der Waals surface area contributed by atoms with Gasteiger partial charge < -0.3 is 15.7 Å². The van der Waals surface area contributed by atoms with E-state index in [1.807, 2.05) is 24.5 Å². The third-order valence-corrected chi connectivity index (χ3v) is 3.14. The zero-order chi connectivity index (χ0) is 13.5. The Morgan fingerprint density at radius 2 is 2.06 bits per heavy atom. The molecule has 1 rings (SSSR count). The van der Waals surface area contributed by atoms with E-state index in [2.05, 4.69) is 10.6 Å². The van der Waals surface area contributed by atoms with E-state index in [9.17, 15) is 9.59 Å². The number of carboxylic acid groups (broad SMARTS) is 1. The van der Waals surface area contributed by atoms with Gasteiger partial charge in [0.1, 0.15) is 0 Å². The molecule has 0 fully saturated rings. The highest BCUT2D eigenvalue weighted by atomic mass is 32.2. The van der Waals surface area contributed by atoms with Crippen molar-refractivity contribution in [1.29, 1.82) is 0 Å². The smallest absolute Gasteiger partial charge is 0.319 e. The molecule has 0 spiro atoms. The van der Waals surface area contributed by atoms with Crippen LogP contribution in [0.4, 0.5) is 10.5 Å². The van der Waals surface area contributed by atoms with Crippen LogP contribution in [-0.4, -0.2) is 29.9 Å². The van der Waals surface area contributed by atoms with Crippen LogP contribution in [0.5, 0.6) is 0 Å². The van der Waals surface area contributed by atoms with Crippen LogP contribution in [-0.2, 0) is 4.79 Å². The number of carbonyl (C=O) groups excluding carboxylic acids is 1. The van der Waals surface area contributed by atoms with Gasteiger partial charge in [0.25, 0.3) is 0 Å². The van der Waals surface area contributed by atoms with Gasteiger partial charge in [-0.1, -0.05) is 19.1 Å². The van der Waals surface area contributed by atoms with E-state index in [-0.39, 0.29) is 6.54 Å². The summed E-state index contributed by atoms with van der Waals surface area (Å²) in [7, 11) is 0. The molecule has 0 aliphatic rings. The highest BCUT2D eigenvalue weighted by Crippen LogP contribution is 2.24. The number of para-hydroxylation sites is 1. The zero-order valence-corrected chi connectivity index (χ0v) is 11.1. The molecule has 0 aliphatic carbocycles. The zero-order valence-electron chi connectivity index (χ0n) is 10.3. The van der Waals surface area contributed by atoms with Gasteiger partial charge in [0.15, 0.2) is 0 Å². The molecule has 98 valence electrons. The average molecular weight is 268 g/mol. The number of carbonyl (C=O) groups is 2. The van der Waals surface area contributed by atoms with E-state index in [0.29, 0.717) is 5.69 Å². The molecule has 1 aromatic carbocycles. The fourth-order valence-electron chi connectivity index (χ4n) is 1.25. The quantitative estimate of drug-likeness (QED) is 0.716. The molecule has 5 nitrogen and oxygen atoms in total. The van der Waals surface area contributed by atoms with Crippen LogP contribution in [0.25, 0.3) is 0 Å². The maximum atomic E-state index is 11.6. The first-order valence-corrected chi connectivity index (χ1v) is 6.67. The fraction of sp³-hybridized carbons (Fsp3) is 0.333. The predicted octanol–water partition coefficient (Wildman–Crippen LogP) is 2.25. The highest BCUT2D eigenvalue weighted by molar-refractivity contribution is 7.98. The van der Waals surface area contributed by atoms with Crippen molar-refractivity contribution in [3.05, 3.63) is 24.3 Å². The van der Waals surface area contributed by atoms with E-state index in [4.69, 9.17) is 5.11 Å². The Balaban J connectivity index is 2.52. The van der Waals surface area contributed by atoms with Crippen molar-refractivity contribution < 1.29 is 14.7 Å². The highest BCUT2D eigenvalue weighted by Gasteiger charge is 2.12. The first-order valence-electron chi connectivity index (χ1n) is 5.45. The standard InChI is InChI=1S/C12H16N2O3S/c1-8(11(15)16)7-13-12(17)14-9-5-3-4-6-10(9)18-2/h3-6,8H,7H2,1-2H3,(H,15,16)(H2,13,14,17). The third-order valence-electron chi connectivity index (χ3n) is 2.35. The predicted molar refractivity (Wildman–Crippen MR) is 72.0 cm³/mol.